The molecule has 5 aliphatic carbocycles. The number of aliphatic hydroxyl groups excluding tert-OH is 3. The van der Waals surface area contributed by atoms with Gasteiger partial charge in [-0.2, -0.15) is 0 Å². The summed E-state index contributed by atoms with van der Waals surface area (Å²) >= 11 is 0. The quantitative estimate of drug-likeness (QED) is 0.306. The Morgan fingerprint density at radius 2 is 1.73 bits per heavy atom. The van der Waals surface area contributed by atoms with Crippen molar-refractivity contribution in [3.63, 3.8) is 0 Å². The van der Waals surface area contributed by atoms with Gasteiger partial charge >= 0.3 is 0 Å². The van der Waals surface area contributed by atoms with Crippen molar-refractivity contribution < 1.29 is 34.6 Å². The first-order chi connectivity index (χ1) is 21.3. The maximum absolute atomic E-state index is 11.5. The summed E-state index contributed by atoms with van der Waals surface area (Å²) < 4.78 is 18.5. The second-order valence-electron chi connectivity index (χ2n) is 17.6. The molecular formula is C37H65NO7. The van der Waals surface area contributed by atoms with Gasteiger partial charge in [0.15, 0.2) is 6.29 Å². The molecule has 7 rings (SSSR count). The van der Waals surface area contributed by atoms with Crippen molar-refractivity contribution >= 4 is 0 Å². The average molecular weight is 636 g/mol. The minimum atomic E-state index is -1.07. The van der Waals surface area contributed by atoms with Crippen molar-refractivity contribution in [2.75, 3.05) is 40.0 Å². The van der Waals surface area contributed by atoms with E-state index in [0.29, 0.717) is 47.0 Å². The smallest absolute Gasteiger partial charge is 0.170 e. The molecule has 7 aliphatic rings. The largest absolute Gasteiger partial charge is 0.400 e. The molecule has 0 aromatic rings. The molecule has 10 unspecified atom stereocenters. The van der Waals surface area contributed by atoms with E-state index < -0.39 is 11.7 Å². The lowest BCUT2D eigenvalue weighted by Crippen LogP contribution is -2.58. The number of hydrogen-bond acceptors (Lipinski definition) is 8. The Hall–Kier alpha value is -0.320. The predicted octanol–water partition coefficient (Wildman–Crippen LogP) is 4.61. The van der Waals surface area contributed by atoms with Crippen molar-refractivity contribution in [2.45, 2.75) is 142 Å². The van der Waals surface area contributed by atoms with Gasteiger partial charge in [0, 0.05) is 13.7 Å². The monoisotopic (exact) mass is 635 g/mol. The zero-order valence-electron chi connectivity index (χ0n) is 29.3. The van der Waals surface area contributed by atoms with Gasteiger partial charge in [0.05, 0.1) is 56.3 Å². The van der Waals surface area contributed by atoms with Crippen molar-refractivity contribution in [2.24, 2.45) is 51.2 Å². The number of aliphatic hydroxyl groups is 4. The van der Waals surface area contributed by atoms with E-state index in [-0.39, 0.29) is 29.3 Å². The molecular weight excluding hydrogens is 570 g/mol. The summed E-state index contributed by atoms with van der Waals surface area (Å²) in [6, 6.07) is 0.532. The standard InChI is InChI=1S/C36H61NO6.CH4O/c1-22-35-15-14-34(6)25(8-7-9-29(39)33(4,5)40)27(38)18-26(34)24(35)10-11-28-32(2,3)30(12-13-36(22,28)35)43-31-19-37(16-17-42-31)23-20-41-21-23;1-2/h22-31,38-40H,7-21H2,1-6H3;2H,1H3/t22?,24?,25-,26?,27?,28?,29-,30?,31?,34?,35?,36?;/m0./s1. The van der Waals surface area contributed by atoms with Gasteiger partial charge in [0.2, 0.25) is 0 Å². The normalized spacial score (nSPS) is 48.1. The Bertz CT molecular complexity index is 1040. The molecule has 0 radical (unpaired) electrons. The molecule has 7 fully saturated rings. The van der Waals surface area contributed by atoms with Crippen LogP contribution in [0.3, 0.4) is 0 Å². The summed E-state index contributed by atoms with van der Waals surface area (Å²) in [5.41, 5.74) is 0.0720. The van der Waals surface area contributed by atoms with Gasteiger partial charge in [-0.05, 0) is 123 Å². The maximum Gasteiger partial charge on any atom is 0.170 e. The van der Waals surface area contributed by atoms with Gasteiger partial charge in [-0.15, -0.1) is 0 Å². The van der Waals surface area contributed by atoms with E-state index in [9.17, 15) is 15.3 Å². The Morgan fingerprint density at radius 1 is 1.00 bits per heavy atom. The minimum absolute atomic E-state index is 0.117. The van der Waals surface area contributed by atoms with Crippen molar-refractivity contribution in [3.05, 3.63) is 0 Å². The van der Waals surface area contributed by atoms with Gasteiger partial charge < -0.3 is 34.6 Å². The summed E-state index contributed by atoms with van der Waals surface area (Å²) in [7, 11) is 1.00. The lowest BCUT2D eigenvalue weighted by atomic mass is 9.46. The summed E-state index contributed by atoms with van der Waals surface area (Å²) in [6.07, 6.45) is 10.0. The third-order valence-corrected chi connectivity index (χ3v) is 15.5. The van der Waals surface area contributed by atoms with E-state index in [4.69, 9.17) is 19.3 Å². The second-order valence-corrected chi connectivity index (χ2v) is 17.6. The van der Waals surface area contributed by atoms with Crippen LogP contribution in [0.25, 0.3) is 0 Å². The third kappa shape index (κ3) is 5.21. The topological polar surface area (TPSA) is 112 Å². The van der Waals surface area contributed by atoms with Crippen LogP contribution in [-0.4, -0.2) is 102 Å². The Kier molecular flexibility index (Phi) is 9.38. The van der Waals surface area contributed by atoms with Crippen LogP contribution in [-0.2, 0) is 14.2 Å². The molecule has 0 bridgehead atoms. The molecule has 2 aliphatic heterocycles. The number of fused-ring (bicyclic) bond motifs is 2. The number of morpholine rings is 1. The highest BCUT2D eigenvalue weighted by atomic mass is 16.7. The molecule has 5 saturated carbocycles. The molecule has 4 N–H and O–H groups in total. The van der Waals surface area contributed by atoms with E-state index in [2.05, 4.69) is 32.6 Å². The van der Waals surface area contributed by atoms with Crippen molar-refractivity contribution in [1.82, 2.24) is 4.90 Å². The third-order valence-electron chi connectivity index (χ3n) is 15.5. The number of rotatable bonds is 8. The highest BCUT2D eigenvalue weighted by molar-refractivity contribution is 5.32. The van der Waals surface area contributed by atoms with Crippen LogP contribution in [0.15, 0.2) is 0 Å². The molecule has 0 aromatic carbocycles. The number of hydrogen-bond donors (Lipinski definition) is 4. The number of nitrogens with zero attached hydrogens (tertiary/aromatic N) is 1. The molecule has 2 saturated heterocycles. The lowest BCUT2D eigenvalue weighted by Gasteiger charge is -2.59. The zero-order valence-corrected chi connectivity index (χ0v) is 29.3. The average Bonchev–Trinajstić information content (AvgIpc) is 3.38. The molecule has 45 heavy (non-hydrogen) atoms. The van der Waals surface area contributed by atoms with Gasteiger partial charge in [-0.25, -0.2) is 0 Å². The molecule has 0 amide bonds. The first-order valence-electron chi connectivity index (χ1n) is 18.4. The van der Waals surface area contributed by atoms with E-state index in [1.165, 1.54) is 32.1 Å². The lowest BCUT2D eigenvalue weighted by molar-refractivity contribution is -0.253. The first kappa shape index (κ1) is 34.5. The van der Waals surface area contributed by atoms with Crippen LogP contribution in [0.4, 0.5) is 0 Å². The fourth-order valence-electron chi connectivity index (χ4n) is 13.0. The molecule has 2 spiro atoms. The molecule has 12 atom stereocenters. The van der Waals surface area contributed by atoms with Gasteiger partial charge in [-0.3, -0.25) is 4.90 Å². The first-order valence-corrected chi connectivity index (χ1v) is 18.4. The minimum Gasteiger partial charge on any atom is -0.400 e. The second kappa shape index (κ2) is 12.2. The Balaban J connectivity index is 0.00000175. The van der Waals surface area contributed by atoms with Crippen LogP contribution in [0.2, 0.25) is 0 Å². The summed E-state index contributed by atoms with van der Waals surface area (Å²) in [5.74, 6) is 3.04. The maximum atomic E-state index is 11.5. The zero-order chi connectivity index (χ0) is 32.6. The molecule has 8 heteroatoms. The van der Waals surface area contributed by atoms with Crippen molar-refractivity contribution in [3.8, 4) is 0 Å². The fraction of sp³-hybridized carbons (Fsp3) is 1.00. The van der Waals surface area contributed by atoms with E-state index in [1.54, 1.807) is 13.8 Å². The van der Waals surface area contributed by atoms with Crippen molar-refractivity contribution in [1.29, 1.82) is 0 Å². The highest BCUT2D eigenvalue weighted by Gasteiger charge is 2.84. The van der Waals surface area contributed by atoms with Gasteiger partial charge in [-0.1, -0.05) is 34.1 Å². The summed E-state index contributed by atoms with van der Waals surface area (Å²) in [4.78, 5) is 2.51. The van der Waals surface area contributed by atoms with Crippen LogP contribution >= 0.6 is 0 Å². The van der Waals surface area contributed by atoms with E-state index >= 15 is 0 Å². The van der Waals surface area contributed by atoms with E-state index in [1.807, 2.05) is 0 Å². The SMILES string of the molecule is CC1C23CCC4(C)C(CC(O)[C@@H]4CCC[C@H](O)C(C)(C)O)C2CCC2C(C)(C)C(OC4CN(C5COC5)CCO4)CCC213.CO. The summed E-state index contributed by atoms with van der Waals surface area (Å²) in [6.45, 7) is 17.8. The van der Waals surface area contributed by atoms with E-state index in [0.717, 1.165) is 71.6 Å². The predicted molar refractivity (Wildman–Crippen MR) is 173 cm³/mol. The fourth-order valence-corrected chi connectivity index (χ4v) is 13.0. The van der Waals surface area contributed by atoms with Crippen LogP contribution in [0.1, 0.15) is 106 Å². The number of ether oxygens (including phenoxy) is 3. The molecule has 2 heterocycles. The van der Waals surface area contributed by atoms with Crippen LogP contribution < -0.4 is 0 Å². The van der Waals surface area contributed by atoms with Gasteiger partial charge in [0.1, 0.15) is 0 Å². The van der Waals surface area contributed by atoms with Gasteiger partial charge in [0.25, 0.3) is 0 Å². The molecule has 8 nitrogen and oxygen atoms in total. The Morgan fingerprint density at radius 3 is 2.40 bits per heavy atom. The highest BCUT2D eigenvalue weighted by Crippen LogP contribution is 2.89. The Labute approximate surface area is 272 Å². The summed E-state index contributed by atoms with van der Waals surface area (Å²) in [5, 5.41) is 39.1. The molecule has 0 aromatic heterocycles. The van der Waals surface area contributed by atoms with Crippen LogP contribution in [0, 0.1) is 51.2 Å². The van der Waals surface area contributed by atoms with Crippen LogP contribution in [0.5, 0.6) is 0 Å². The molecule has 260 valence electrons.